The van der Waals surface area contributed by atoms with Crippen LogP contribution in [0.25, 0.3) is 11.0 Å². The number of aromatic nitrogens is 3. The van der Waals surface area contributed by atoms with Crippen LogP contribution in [0.2, 0.25) is 0 Å². The maximum atomic E-state index is 4.31. The standard InChI is InChI=1S/C15H14N4/c1-2-13(10-16-5-1)11-17-9-12-3-4-14-15(8-12)19-7-6-18-14/h1-8,10,17H,9,11H2. The number of pyridine rings is 1. The van der Waals surface area contributed by atoms with Crippen LogP contribution in [0.4, 0.5) is 0 Å². The average molecular weight is 250 g/mol. The Labute approximate surface area is 111 Å². The fraction of sp³-hybridized carbons (Fsp3) is 0.133. The molecular formula is C15H14N4. The lowest BCUT2D eigenvalue weighted by Crippen LogP contribution is -2.12. The summed E-state index contributed by atoms with van der Waals surface area (Å²) >= 11 is 0. The third-order valence-electron chi connectivity index (χ3n) is 2.91. The Balaban J connectivity index is 1.65. The summed E-state index contributed by atoms with van der Waals surface area (Å²) < 4.78 is 0. The molecule has 4 heteroatoms. The van der Waals surface area contributed by atoms with Crippen LogP contribution in [0.1, 0.15) is 11.1 Å². The molecule has 4 nitrogen and oxygen atoms in total. The molecule has 0 aliphatic carbocycles. The molecule has 0 bridgehead atoms. The molecule has 0 radical (unpaired) electrons. The van der Waals surface area contributed by atoms with Gasteiger partial charge in [0.05, 0.1) is 11.0 Å². The van der Waals surface area contributed by atoms with Gasteiger partial charge in [0.25, 0.3) is 0 Å². The first-order valence-corrected chi connectivity index (χ1v) is 6.21. The maximum Gasteiger partial charge on any atom is 0.0890 e. The van der Waals surface area contributed by atoms with E-state index in [1.165, 1.54) is 11.1 Å². The average Bonchev–Trinajstić information content (AvgIpc) is 2.48. The molecular weight excluding hydrogens is 236 g/mol. The van der Waals surface area contributed by atoms with Crippen LogP contribution < -0.4 is 5.32 Å². The van der Waals surface area contributed by atoms with Crippen molar-refractivity contribution in [2.24, 2.45) is 0 Å². The van der Waals surface area contributed by atoms with Crippen LogP contribution in [-0.2, 0) is 13.1 Å². The van der Waals surface area contributed by atoms with Crippen molar-refractivity contribution in [1.29, 1.82) is 0 Å². The first-order valence-electron chi connectivity index (χ1n) is 6.21. The van der Waals surface area contributed by atoms with Crippen LogP contribution in [0.15, 0.2) is 55.1 Å². The minimum absolute atomic E-state index is 0.807. The van der Waals surface area contributed by atoms with Crippen LogP contribution in [-0.4, -0.2) is 15.0 Å². The van der Waals surface area contributed by atoms with E-state index >= 15 is 0 Å². The van der Waals surface area contributed by atoms with E-state index in [4.69, 9.17) is 0 Å². The number of hydrogen-bond donors (Lipinski definition) is 1. The SMILES string of the molecule is c1cncc(CNCc2ccc3nccnc3c2)c1. The summed E-state index contributed by atoms with van der Waals surface area (Å²) in [5.41, 5.74) is 4.25. The first kappa shape index (κ1) is 11.7. The highest BCUT2D eigenvalue weighted by Crippen LogP contribution is 2.10. The zero-order chi connectivity index (χ0) is 12.9. The van der Waals surface area contributed by atoms with Crippen molar-refractivity contribution in [1.82, 2.24) is 20.3 Å². The quantitative estimate of drug-likeness (QED) is 0.772. The molecule has 2 aromatic heterocycles. The van der Waals surface area contributed by atoms with Gasteiger partial charge in [-0.3, -0.25) is 15.0 Å². The van der Waals surface area contributed by atoms with Crippen molar-refractivity contribution in [2.75, 3.05) is 0 Å². The largest absolute Gasteiger partial charge is 0.309 e. The molecule has 0 saturated carbocycles. The molecule has 3 rings (SSSR count). The van der Waals surface area contributed by atoms with Gasteiger partial charge in [0.1, 0.15) is 0 Å². The summed E-state index contributed by atoms with van der Waals surface area (Å²) in [6, 6.07) is 10.2. The second kappa shape index (κ2) is 5.54. The number of nitrogens with one attached hydrogen (secondary N) is 1. The van der Waals surface area contributed by atoms with Crippen molar-refractivity contribution in [2.45, 2.75) is 13.1 Å². The topological polar surface area (TPSA) is 50.7 Å². The third kappa shape index (κ3) is 2.92. The predicted molar refractivity (Wildman–Crippen MR) is 74.3 cm³/mol. The lowest BCUT2D eigenvalue weighted by atomic mass is 10.2. The summed E-state index contributed by atoms with van der Waals surface area (Å²) in [5.74, 6) is 0. The predicted octanol–water partition coefficient (Wildman–Crippen LogP) is 2.31. The van der Waals surface area contributed by atoms with Gasteiger partial charge in [0.2, 0.25) is 0 Å². The van der Waals surface area contributed by atoms with Crippen molar-refractivity contribution < 1.29 is 0 Å². The normalized spacial score (nSPS) is 10.7. The van der Waals surface area contributed by atoms with Gasteiger partial charge in [-0.2, -0.15) is 0 Å². The van der Waals surface area contributed by atoms with Gasteiger partial charge in [0, 0.05) is 37.9 Å². The van der Waals surface area contributed by atoms with Crippen molar-refractivity contribution in [3.05, 3.63) is 66.2 Å². The fourth-order valence-corrected chi connectivity index (χ4v) is 1.97. The third-order valence-corrected chi connectivity index (χ3v) is 2.91. The molecule has 0 spiro atoms. The Morgan fingerprint density at radius 2 is 1.68 bits per heavy atom. The Hall–Kier alpha value is -2.33. The minimum atomic E-state index is 0.807. The fourth-order valence-electron chi connectivity index (χ4n) is 1.97. The minimum Gasteiger partial charge on any atom is -0.309 e. The van der Waals surface area contributed by atoms with E-state index in [-0.39, 0.29) is 0 Å². The second-order valence-corrected chi connectivity index (χ2v) is 4.34. The number of hydrogen-bond acceptors (Lipinski definition) is 4. The van der Waals surface area contributed by atoms with Gasteiger partial charge in [-0.15, -0.1) is 0 Å². The Morgan fingerprint density at radius 3 is 2.53 bits per heavy atom. The Morgan fingerprint density at radius 1 is 0.842 bits per heavy atom. The molecule has 1 N–H and O–H groups in total. The highest BCUT2D eigenvalue weighted by molar-refractivity contribution is 5.74. The number of nitrogens with zero attached hydrogens (tertiary/aromatic N) is 3. The van der Waals surface area contributed by atoms with E-state index in [0.29, 0.717) is 0 Å². The summed E-state index contributed by atoms with van der Waals surface area (Å²) in [7, 11) is 0. The highest BCUT2D eigenvalue weighted by atomic mass is 14.9. The van der Waals surface area contributed by atoms with E-state index in [2.05, 4.69) is 38.5 Å². The zero-order valence-electron chi connectivity index (χ0n) is 10.5. The van der Waals surface area contributed by atoms with Gasteiger partial charge in [-0.25, -0.2) is 0 Å². The van der Waals surface area contributed by atoms with Crippen LogP contribution in [0.5, 0.6) is 0 Å². The van der Waals surface area contributed by atoms with E-state index in [9.17, 15) is 0 Å². The summed E-state index contributed by atoms with van der Waals surface area (Å²) in [5, 5.41) is 3.39. The number of rotatable bonds is 4. The summed E-state index contributed by atoms with van der Waals surface area (Å²) in [6.45, 7) is 1.62. The van der Waals surface area contributed by atoms with Crippen molar-refractivity contribution >= 4 is 11.0 Å². The van der Waals surface area contributed by atoms with Crippen LogP contribution in [0.3, 0.4) is 0 Å². The molecule has 2 heterocycles. The monoisotopic (exact) mass is 250 g/mol. The molecule has 0 aliphatic heterocycles. The van der Waals surface area contributed by atoms with E-state index in [1.54, 1.807) is 18.6 Å². The Kier molecular flexibility index (Phi) is 3.42. The van der Waals surface area contributed by atoms with Crippen LogP contribution >= 0.6 is 0 Å². The van der Waals surface area contributed by atoms with Gasteiger partial charge < -0.3 is 5.32 Å². The molecule has 1 aromatic carbocycles. The summed E-state index contributed by atoms with van der Waals surface area (Å²) in [4.78, 5) is 12.7. The number of fused-ring (bicyclic) bond motifs is 1. The van der Waals surface area contributed by atoms with Gasteiger partial charge in [-0.05, 0) is 29.3 Å². The zero-order valence-corrected chi connectivity index (χ0v) is 10.5. The Bertz CT molecular complexity index is 667. The van der Waals surface area contributed by atoms with Crippen LogP contribution in [0, 0.1) is 0 Å². The maximum absolute atomic E-state index is 4.31. The molecule has 0 aliphatic rings. The molecule has 19 heavy (non-hydrogen) atoms. The molecule has 3 aromatic rings. The molecule has 94 valence electrons. The van der Waals surface area contributed by atoms with Crippen molar-refractivity contribution in [3.63, 3.8) is 0 Å². The molecule has 0 unspecified atom stereocenters. The van der Waals surface area contributed by atoms with E-state index in [1.807, 2.05) is 18.3 Å². The summed E-state index contributed by atoms with van der Waals surface area (Å²) in [6.07, 6.45) is 7.09. The smallest absolute Gasteiger partial charge is 0.0890 e. The van der Waals surface area contributed by atoms with Gasteiger partial charge >= 0.3 is 0 Å². The lowest BCUT2D eigenvalue weighted by molar-refractivity contribution is 0.692. The molecule has 0 amide bonds. The number of benzene rings is 1. The van der Waals surface area contributed by atoms with Crippen molar-refractivity contribution in [3.8, 4) is 0 Å². The second-order valence-electron chi connectivity index (χ2n) is 4.34. The molecule has 0 fully saturated rings. The highest BCUT2D eigenvalue weighted by Gasteiger charge is 1.98. The van der Waals surface area contributed by atoms with Gasteiger partial charge in [-0.1, -0.05) is 12.1 Å². The first-order chi connectivity index (χ1) is 9.42. The molecule has 0 atom stereocenters. The lowest BCUT2D eigenvalue weighted by Gasteiger charge is -2.05. The van der Waals surface area contributed by atoms with E-state index < -0.39 is 0 Å². The van der Waals surface area contributed by atoms with E-state index in [0.717, 1.165) is 24.1 Å². The molecule has 0 saturated heterocycles. The van der Waals surface area contributed by atoms with Gasteiger partial charge in [0.15, 0.2) is 0 Å².